The van der Waals surface area contributed by atoms with E-state index in [0.717, 1.165) is 5.56 Å². The molecule has 0 radical (unpaired) electrons. The van der Waals surface area contributed by atoms with E-state index in [4.69, 9.17) is 5.11 Å². The van der Waals surface area contributed by atoms with Gasteiger partial charge in [0, 0.05) is 6.54 Å². The van der Waals surface area contributed by atoms with Gasteiger partial charge in [0.15, 0.2) is 0 Å². The summed E-state index contributed by atoms with van der Waals surface area (Å²) < 4.78 is 26.9. The Kier molecular flexibility index (Phi) is 5.18. The van der Waals surface area contributed by atoms with Gasteiger partial charge in [-0.1, -0.05) is 38.1 Å². The van der Waals surface area contributed by atoms with E-state index in [0.29, 0.717) is 5.92 Å². The van der Waals surface area contributed by atoms with E-state index < -0.39 is 16.0 Å². The summed E-state index contributed by atoms with van der Waals surface area (Å²) in [6, 6.07) is 12.9. The first-order valence-corrected chi connectivity index (χ1v) is 8.70. The van der Waals surface area contributed by atoms with E-state index in [9.17, 15) is 13.2 Å². The Balaban J connectivity index is 2.07. The number of aromatic carboxylic acids is 1. The zero-order chi connectivity index (χ0) is 17.0. The summed E-state index contributed by atoms with van der Waals surface area (Å²) in [7, 11) is -3.67. The molecule has 0 heterocycles. The number of sulfonamides is 1. The van der Waals surface area contributed by atoms with Gasteiger partial charge >= 0.3 is 5.97 Å². The predicted octanol–water partition coefficient (Wildman–Crippen LogP) is 2.99. The summed E-state index contributed by atoms with van der Waals surface area (Å²) in [5.41, 5.74) is 2.11. The minimum absolute atomic E-state index is 0.0429. The number of rotatable bonds is 6. The van der Waals surface area contributed by atoms with Crippen molar-refractivity contribution >= 4 is 16.0 Å². The Labute approximate surface area is 136 Å². The lowest BCUT2D eigenvalue weighted by atomic mass is 10.0. The first kappa shape index (κ1) is 17.2. The number of carboxylic acids is 1. The lowest BCUT2D eigenvalue weighted by Gasteiger charge is -2.09. The van der Waals surface area contributed by atoms with Crippen LogP contribution in [0.3, 0.4) is 0 Å². The van der Waals surface area contributed by atoms with Crippen molar-refractivity contribution < 1.29 is 18.3 Å². The molecule has 0 amide bonds. The average molecular weight is 333 g/mol. The molecule has 0 aromatic heterocycles. The summed E-state index contributed by atoms with van der Waals surface area (Å²) in [6.07, 6.45) is 0. The van der Waals surface area contributed by atoms with Gasteiger partial charge in [-0.3, -0.25) is 0 Å². The van der Waals surface area contributed by atoms with Gasteiger partial charge in [0.2, 0.25) is 10.0 Å². The molecule has 0 saturated carbocycles. The van der Waals surface area contributed by atoms with Gasteiger partial charge in [-0.2, -0.15) is 0 Å². The number of benzene rings is 2. The first-order chi connectivity index (χ1) is 10.8. The van der Waals surface area contributed by atoms with Crippen molar-refractivity contribution in [3.63, 3.8) is 0 Å². The van der Waals surface area contributed by atoms with Crippen molar-refractivity contribution in [1.82, 2.24) is 4.72 Å². The largest absolute Gasteiger partial charge is 0.478 e. The van der Waals surface area contributed by atoms with E-state index >= 15 is 0 Å². The molecule has 2 rings (SSSR count). The molecule has 122 valence electrons. The fraction of sp³-hybridized carbons (Fsp3) is 0.235. The molecule has 0 unspecified atom stereocenters. The second-order valence-electron chi connectivity index (χ2n) is 5.55. The Morgan fingerprint density at radius 3 is 2.09 bits per heavy atom. The molecule has 0 aliphatic rings. The van der Waals surface area contributed by atoms with Gasteiger partial charge in [-0.25, -0.2) is 17.9 Å². The van der Waals surface area contributed by atoms with Crippen molar-refractivity contribution in [2.24, 2.45) is 0 Å². The van der Waals surface area contributed by atoms with Crippen LogP contribution in [0.1, 0.15) is 41.3 Å². The van der Waals surface area contributed by atoms with Crippen LogP contribution in [0.4, 0.5) is 0 Å². The summed E-state index contributed by atoms with van der Waals surface area (Å²) in [4.78, 5) is 10.8. The molecular formula is C17H19NO4S. The normalized spacial score (nSPS) is 11.6. The van der Waals surface area contributed by atoms with Gasteiger partial charge in [0.25, 0.3) is 0 Å². The van der Waals surface area contributed by atoms with E-state index in [1.165, 1.54) is 29.8 Å². The van der Waals surface area contributed by atoms with Crippen LogP contribution >= 0.6 is 0 Å². The summed E-state index contributed by atoms with van der Waals surface area (Å²) >= 11 is 0. The molecule has 0 saturated heterocycles. The molecule has 2 aromatic rings. The third kappa shape index (κ3) is 4.40. The standard InChI is InChI=1S/C17H19NO4S/c1-12(2)14-5-3-13(4-6-14)11-18-23(21,22)16-9-7-15(8-10-16)17(19)20/h3-10,12,18H,11H2,1-2H3,(H,19,20). The Morgan fingerprint density at radius 1 is 1.04 bits per heavy atom. The van der Waals surface area contributed by atoms with Crippen LogP contribution in [0.15, 0.2) is 53.4 Å². The fourth-order valence-electron chi connectivity index (χ4n) is 2.06. The summed E-state index contributed by atoms with van der Waals surface area (Å²) in [6.45, 7) is 4.37. The topological polar surface area (TPSA) is 83.5 Å². The fourth-order valence-corrected chi connectivity index (χ4v) is 3.08. The number of hydrogen-bond acceptors (Lipinski definition) is 3. The maximum Gasteiger partial charge on any atom is 0.335 e. The monoisotopic (exact) mass is 333 g/mol. The highest BCUT2D eigenvalue weighted by atomic mass is 32.2. The van der Waals surface area contributed by atoms with Gasteiger partial charge < -0.3 is 5.11 Å². The molecule has 0 spiro atoms. The van der Waals surface area contributed by atoms with Gasteiger partial charge in [0.05, 0.1) is 10.5 Å². The summed E-state index contributed by atoms with van der Waals surface area (Å²) in [5, 5.41) is 8.83. The van der Waals surface area contributed by atoms with Gasteiger partial charge in [-0.15, -0.1) is 0 Å². The van der Waals surface area contributed by atoms with Crippen LogP contribution in [-0.2, 0) is 16.6 Å². The molecule has 0 aliphatic heterocycles. The third-order valence-corrected chi connectivity index (χ3v) is 4.94. The second-order valence-corrected chi connectivity index (χ2v) is 7.32. The van der Waals surface area contributed by atoms with Crippen LogP contribution < -0.4 is 4.72 Å². The molecular weight excluding hydrogens is 314 g/mol. The molecule has 6 heteroatoms. The van der Waals surface area contributed by atoms with Gasteiger partial charge in [-0.05, 0) is 41.3 Å². The van der Waals surface area contributed by atoms with E-state index in [2.05, 4.69) is 18.6 Å². The highest BCUT2D eigenvalue weighted by molar-refractivity contribution is 7.89. The van der Waals surface area contributed by atoms with E-state index in [1.807, 2.05) is 24.3 Å². The first-order valence-electron chi connectivity index (χ1n) is 7.21. The Hall–Kier alpha value is -2.18. The van der Waals surface area contributed by atoms with Crippen LogP contribution in [0.5, 0.6) is 0 Å². The average Bonchev–Trinajstić information content (AvgIpc) is 2.53. The number of carbonyl (C=O) groups is 1. The van der Waals surface area contributed by atoms with E-state index in [-0.39, 0.29) is 17.0 Å². The minimum atomic E-state index is -3.67. The number of hydrogen-bond donors (Lipinski definition) is 2. The molecule has 0 atom stereocenters. The zero-order valence-corrected chi connectivity index (χ0v) is 13.8. The lowest BCUT2D eigenvalue weighted by Crippen LogP contribution is -2.23. The van der Waals surface area contributed by atoms with Crippen molar-refractivity contribution in [3.8, 4) is 0 Å². The van der Waals surface area contributed by atoms with Crippen LogP contribution in [0.2, 0.25) is 0 Å². The molecule has 2 N–H and O–H groups in total. The third-order valence-electron chi connectivity index (χ3n) is 3.52. The second kappa shape index (κ2) is 6.93. The molecule has 5 nitrogen and oxygen atoms in total. The number of carboxylic acid groups (broad SMARTS) is 1. The van der Waals surface area contributed by atoms with Crippen LogP contribution in [-0.4, -0.2) is 19.5 Å². The highest BCUT2D eigenvalue weighted by Crippen LogP contribution is 2.15. The Morgan fingerprint density at radius 2 is 1.61 bits per heavy atom. The maximum atomic E-state index is 12.2. The molecule has 0 bridgehead atoms. The van der Waals surface area contributed by atoms with Crippen LogP contribution in [0.25, 0.3) is 0 Å². The quantitative estimate of drug-likeness (QED) is 0.851. The molecule has 23 heavy (non-hydrogen) atoms. The minimum Gasteiger partial charge on any atom is -0.478 e. The molecule has 2 aromatic carbocycles. The summed E-state index contributed by atoms with van der Waals surface area (Å²) in [5.74, 6) is -0.666. The Bertz CT molecular complexity index is 778. The van der Waals surface area contributed by atoms with Gasteiger partial charge in [0.1, 0.15) is 0 Å². The van der Waals surface area contributed by atoms with Crippen molar-refractivity contribution in [1.29, 1.82) is 0 Å². The molecule has 0 aliphatic carbocycles. The van der Waals surface area contributed by atoms with Crippen molar-refractivity contribution in [2.45, 2.75) is 31.2 Å². The van der Waals surface area contributed by atoms with Crippen molar-refractivity contribution in [3.05, 3.63) is 65.2 Å². The van der Waals surface area contributed by atoms with Crippen LogP contribution in [0, 0.1) is 0 Å². The lowest BCUT2D eigenvalue weighted by molar-refractivity contribution is 0.0696. The van der Waals surface area contributed by atoms with E-state index in [1.54, 1.807) is 0 Å². The molecule has 0 fully saturated rings. The highest BCUT2D eigenvalue weighted by Gasteiger charge is 2.14. The predicted molar refractivity (Wildman–Crippen MR) is 88.0 cm³/mol. The smallest absolute Gasteiger partial charge is 0.335 e. The zero-order valence-electron chi connectivity index (χ0n) is 13.0. The van der Waals surface area contributed by atoms with Crippen molar-refractivity contribution in [2.75, 3.05) is 0 Å². The maximum absolute atomic E-state index is 12.2. The SMILES string of the molecule is CC(C)c1ccc(CNS(=O)(=O)c2ccc(C(=O)O)cc2)cc1. The number of nitrogens with one attached hydrogen (secondary N) is 1.